The van der Waals surface area contributed by atoms with Crippen molar-refractivity contribution in [2.75, 3.05) is 38.5 Å². The Morgan fingerprint density at radius 1 is 1.19 bits per heavy atom. The number of thiazole rings is 1. The molecule has 1 atom stereocenters. The summed E-state index contributed by atoms with van der Waals surface area (Å²) in [4.78, 5) is 22.6. The molecule has 1 amide bonds. The quantitative estimate of drug-likeness (QED) is 0.903. The third-order valence-electron chi connectivity index (χ3n) is 5.64. The first kappa shape index (κ1) is 17.5. The van der Waals surface area contributed by atoms with Crippen LogP contribution in [0, 0.1) is 6.92 Å². The summed E-state index contributed by atoms with van der Waals surface area (Å²) in [7, 11) is 1.84. The number of aromatic nitrogens is 1. The number of anilines is 1. The number of hydrogen-bond acceptors (Lipinski definition) is 5. The van der Waals surface area contributed by atoms with E-state index in [1.807, 2.05) is 18.9 Å². The molecular formula is C20H26N4OS. The van der Waals surface area contributed by atoms with Crippen molar-refractivity contribution in [3.05, 3.63) is 46.0 Å². The van der Waals surface area contributed by atoms with E-state index in [2.05, 4.69) is 39.5 Å². The van der Waals surface area contributed by atoms with Crippen molar-refractivity contribution >= 4 is 22.4 Å². The molecular weight excluding hydrogens is 344 g/mol. The fourth-order valence-corrected chi connectivity index (χ4v) is 5.01. The maximum atomic E-state index is 12.8. The molecule has 1 N–H and O–H groups in total. The Balaban J connectivity index is 1.37. The summed E-state index contributed by atoms with van der Waals surface area (Å²) >= 11 is 1.46. The number of nitrogens with zero attached hydrogens (tertiary/aromatic N) is 3. The smallest absolute Gasteiger partial charge is 0.266 e. The number of aryl methyl sites for hydroxylation is 2. The summed E-state index contributed by atoms with van der Waals surface area (Å²) in [6, 6.07) is 9.44. The number of nitrogens with one attached hydrogen (secondary N) is 1. The molecule has 1 aliphatic heterocycles. The Kier molecular flexibility index (Phi) is 4.96. The number of piperazine rings is 1. The van der Waals surface area contributed by atoms with Gasteiger partial charge in [0.25, 0.3) is 5.91 Å². The summed E-state index contributed by atoms with van der Waals surface area (Å²) in [5.74, 6) is 0.134. The molecule has 0 saturated carbocycles. The van der Waals surface area contributed by atoms with Crippen LogP contribution in [0.15, 0.2) is 24.3 Å². The predicted octanol–water partition coefficient (Wildman–Crippen LogP) is 2.81. The molecule has 138 valence electrons. The highest BCUT2D eigenvalue weighted by Gasteiger charge is 2.30. The van der Waals surface area contributed by atoms with Crippen molar-refractivity contribution in [3.8, 4) is 0 Å². The van der Waals surface area contributed by atoms with E-state index < -0.39 is 0 Å². The van der Waals surface area contributed by atoms with Crippen LogP contribution in [-0.2, 0) is 12.8 Å². The van der Waals surface area contributed by atoms with Crippen LogP contribution in [0.4, 0.5) is 5.13 Å². The molecule has 0 unspecified atom stereocenters. The van der Waals surface area contributed by atoms with E-state index in [4.69, 9.17) is 0 Å². The van der Waals surface area contributed by atoms with Gasteiger partial charge < -0.3 is 10.2 Å². The molecule has 1 aromatic heterocycles. The second-order valence-corrected chi connectivity index (χ2v) is 8.18. The summed E-state index contributed by atoms with van der Waals surface area (Å²) in [5, 5.41) is 3.84. The van der Waals surface area contributed by atoms with E-state index in [0.717, 1.165) is 48.3 Å². The lowest BCUT2D eigenvalue weighted by atomic mass is 9.87. The summed E-state index contributed by atoms with van der Waals surface area (Å²) < 4.78 is 0. The van der Waals surface area contributed by atoms with Crippen LogP contribution in [-0.4, -0.2) is 60.0 Å². The fraction of sp³-hybridized carbons (Fsp3) is 0.500. The molecule has 4 rings (SSSR count). The molecule has 1 aromatic carbocycles. The standard InChI is InChI=1S/C20H26N4OS/c1-14-18(26-20(21-2)22-14)19(25)24-11-9-23(10-12-24)17-8-7-15-5-3-4-6-16(15)13-17/h3-6,17H,7-13H2,1-2H3,(H,21,22)/t17-/m0/s1. The fourth-order valence-electron chi connectivity index (χ4n) is 4.13. The van der Waals surface area contributed by atoms with E-state index >= 15 is 0 Å². The molecule has 1 fully saturated rings. The number of amides is 1. The van der Waals surface area contributed by atoms with Crippen LogP contribution >= 0.6 is 11.3 Å². The van der Waals surface area contributed by atoms with Crippen molar-refractivity contribution < 1.29 is 4.79 Å². The first-order valence-electron chi connectivity index (χ1n) is 9.41. The first-order valence-corrected chi connectivity index (χ1v) is 10.2. The number of carbonyl (C=O) groups excluding carboxylic acids is 1. The molecule has 2 heterocycles. The van der Waals surface area contributed by atoms with Crippen molar-refractivity contribution in [1.82, 2.24) is 14.8 Å². The Morgan fingerprint density at radius 3 is 2.62 bits per heavy atom. The number of benzene rings is 1. The molecule has 0 radical (unpaired) electrons. The third-order valence-corrected chi connectivity index (χ3v) is 6.81. The highest BCUT2D eigenvalue weighted by Crippen LogP contribution is 2.27. The van der Waals surface area contributed by atoms with Crippen molar-refractivity contribution in [3.63, 3.8) is 0 Å². The van der Waals surface area contributed by atoms with Crippen LogP contribution in [0.25, 0.3) is 0 Å². The van der Waals surface area contributed by atoms with Crippen LogP contribution in [0.1, 0.15) is 32.9 Å². The molecule has 26 heavy (non-hydrogen) atoms. The van der Waals surface area contributed by atoms with Crippen LogP contribution in [0.2, 0.25) is 0 Å². The average molecular weight is 371 g/mol. The Hall–Kier alpha value is -1.92. The Labute approximate surface area is 159 Å². The largest absolute Gasteiger partial charge is 0.365 e. The van der Waals surface area contributed by atoms with E-state index in [9.17, 15) is 4.79 Å². The maximum absolute atomic E-state index is 12.8. The summed E-state index contributed by atoms with van der Waals surface area (Å²) in [5.41, 5.74) is 3.84. The van der Waals surface area contributed by atoms with Gasteiger partial charge in [-0.15, -0.1) is 0 Å². The third kappa shape index (κ3) is 3.35. The van der Waals surface area contributed by atoms with Gasteiger partial charge in [-0.3, -0.25) is 9.69 Å². The van der Waals surface area contributed by atoms with E-state index in [1.165, 1.54) is 35.3 Å². The monoisotopic (exact) mass is 370 g/mol. The minimum atomic E-state index is 0.134. The lowest BCUT2D eigenvalue weighted by Crippen LogP contribution is -2.53. The lowest BCUT2D eigenvalue weighted by molar-refractivity contribution is 0.0556. The molecule has 2 aliphatic rings. The number of fused-ring (bicyclic) bond motifs is 1. The van der Waals surface area contributed by atoms with Gasteiger partial charge in [-0.05, 0) is 37.3 Å². The SMILES string of the molecule is CNc1nc(C)c(C(=O)N2CCN([C@H]3CCc4ccccc4C3)CC2)s1. The Morgan fingerprint density at radius 2 is 1.92 bits per heavy atom. The minimum Gasteiger partial charge on any atom is -0.365 e. The van der Waals surface area contributed by atoms with Gasteiger partial charge in [0.05, 0.1) is 5.69 Å². The van der Waals surface area contributed by atoms with Gasteiger partial charge in [-0.25, -0.2) is 4.98 Å². The van der Waals surface area contributed by atoms with Gasteiger partial charge in [0.15, 0.2) is 5.13 Å². The maximum Gasteiger partial charge on any atom is 0.266 e. The van der Waals surface area contributed by atoms with Gasteiger partial charge in [-0.1, -0.05) is 35.6 Å². The van der Waals surface area contributed by atoms with E-state index in [0.29, 0.717) is 6.04 Å². The topological polar surface area (TPSA) is 48.5 Å². The summed E-state index contributed by atoms with van der Waals surface area (Å²) in [6.45, 7) is 5.47. The van der Waals surface area contributed by atoms with Crippen molar-refractivity contribution in [2.45, 2.75) is 32.2 Å². The van der Waals surface area contributed by atoms with Crippen LogP contribution in [0.5, 0.6) is 0 Å². The van der Waals surface area contributed by atoms with Crippen molar-refractivity contribution in [1.29, 1.82) is 0 Å². The molecule has 1 saturated heterocycles. The molecule has 0 bridgehead atoms. The van der Waals surface area contributed by atoms with Gasteiger partial charge in [0.2, 0.25) is 0 Å². The highest BCUT2D eigenvalue weighted by molar-refractivity contribution is 7.17. The molecule has 5 nitrogen and oxygen atoms in total. The van der Waals surface area contributed by atoms with Crippen LogP contribution < -0.4 is 5.32 Å². The van der Waals surface area contributed by atoms with Gasteiger partial charge in [0.1, 0.15) is 4.88 Å². The second kappa shape index (κ2) is 7.37. The predicted molar refractivity (Wildman–Crippen MR) is 106 cm³/mol. The molecule has 1 aliphatic carbocycles. The first-order chi connectivity index (χ1) is 12.7. The molecule has 6 heteroatoms. The highest BCUT2D eigenvalue weighted by atomic mass is 32.1. The number of carbonyl (C=O) groups is 1. The average Bonchev–Trinajstić information content (AvgIpc) is 3.08. The Bertz CT molecular complexity index is 795. The molecule has 0 spiro atoms. The lowest BCUT2D eigenvalue weighted by Gasteiger charge is -2.41. The second-order valence-electron chi connectivity index (χ2n) is 7.18. The van der Waals surface area contributed by atoms with E-state index in [1.54, 1.807) is 0 Å². The zero-order valence-corrected chi connectivity index (χ0v) is 16.3. The van der Waals surface area contributed by atoms with Gasteiger partial charge in [-0.2, -0.15) is 0 Å². The van der Waals surface area contributed by atoms with Crippen LogP contribution in [0.3, 0.4) is 0 Å². The van der Waals surface area contributed by atoms with E-state index in [-0.39, 0.29) is 5.91 Å². The molecule has 2 aromatic rings. The minimum absolute atomic E-state index is 0.134. The summed E-state index contributed by atoms with van der Waals surface area (Å²) in [6.07, 6.45) is 3.54. The van der Waals surface area contributed by atoms with Crippen molar-refractivity contribution in [2.24, 2.45) is 0 Å². The van der Waals surface area contributed by atoms with Gasteiger partial charge in [0, 0.05) is 39.3 Å². The van der Waals surface area contributed by atoms with Gasteiger partial charge >= 0.3 is 0 Å². The normalized spacial score (nSPS) is 20.7. The number of rotatable bonds is 3. The zero-order valence-electron chi connectivity index (χ0n) is 15.5. The number of hydrogen-bond donors (Lipinski definition) is 1. The zero-order chi connectivity index (χ0) is 18.1.